The lowest BCUT2D eigenvalue weighted by atomic mass is 10.1. The Bertz CT molecular complexity index is 688. The van der Waals surface area contributed by atoms with Crippen molar-refractivity contribution in [2.45, 2.75) is 19.8 Å². The molecule has 3 nitrogen and oxygen atoms in total. The van der Waals surface area contributed by atoms with E-state index in [0.29, 0.717) is 17.9 Å². The van der Waals surface area contributed by atoms with Gasteiger partial charge in [-0.25, -0.2) is 0 Å². The Morgan fingerprint density at radius 1 is 1.27 bits per heavy atom. The smallest absolute Gasteiger partial charge is 0.224 e. The zero-order chi connectivity index (χ0) is 16.1. The van der Waals surface area contributed by atoms with E-state index < -0.39 is 0 Å². The van der Waals surface area contributed by atoms with Crippen LogP contribution in [0.25, 0.3) is 0 Å². The van der Waals surface area contributed by atoms with Crippen molar-refractivity contribution in [1.29, 1.82) is 0 Å². The molecule has 0 saturated heterocycles. The van der Waals surface area contributed by atoms with E-state index in [0.717, 1.165) is 27.0 Å². The van der Waals surface area contributed by atoms with Gasteiger partial charge in [-0.05, 0) is 64.7 Å². The minimum Gasteiger partial charge on any atom is -0.496 e. The lowest BCUT2D eigenvalue weighted by Crippen LogP contribution is -2.13. The Balaban J connectivity index is 1.95. The van der Waals surface area contributed by atoms with Gasteiger partial charge < -0.3 is 10.1 Å². The van der Waals surface area contributed by atoms with Crippen molar-refractivity contribution in [2.75, 3.05) is 12.4 Å². The fourth-order valence-corrected chi connectivity index (χ4v) is 2.83. The maximum Gasteiger partial charge on any atom is 0.224 e. The number of carbonyl (C=O) groups excluding carboxylic acids is 1. The second-order valence-electron chi connectivity index (χ2n) is 4.98. The van der Waals surface area contributed by atoms with Crippen molar-refractivity contribution in [3.63, 3.8) is 0 Å². The summed E-state index contributed by atoms with van der Waals surface area (Å²) in [4.78, 5) is 12.1. The number of aryl methyl sites for hydroxylation is 2. The highest BCUT2D eigenvalue weighted by Gasteiger charge is 2.07. The third-order valence-corrected chi connectivity index (χ3v) is 4.19. The summed E-state index contributed by atoms with van der Waals surface area (Å²) in [5.74, 6) is 0.750. The summed E-state index contributed by atoms with van der Waals surface area (Å²) in [6.07, 6.45) is 1.07. The first kappa shape index (κ1) is 16.8. The van der Waals surface area contributed by atoms with Gasteiger partial charge in [0.15, 0.2) is 0 Å². The van der Waals surface area contributed by atoms with Crippen molar-refractivity contribution in [2.24, 2.45) is 0 Å². The van der Waals surface area contributed by atoms with E-state index in [2.05, 4.69) is 21.2 Å². The average Bonchev–Trinajstić information content (AvgIpc) is 2.49. The number of halogens is 2. The molecule has 0 saturated carbocycles. The third kappa shape index (κ3) is 4.49. The van der Waals surface area contributed by atoms with Gasteiger partial charge in [-0.3, -0.25) is 4.79 Å². The van der Waals surface area contributed by atoms with Crippen molar-refractivity contribution >= 4 is 39.1 Å². The Kier molecular flexibility index (Phi) is 5.86. The lowest BCUT2D eigenvalue weighted by molar-refractivity contribution is -0.116. The monoisotopic (exact) mass is 381 g/mol. The van der Waals surface area contributed by atoms with E-state index in [1.807, 2.05) is 31.2 Å². The number of nitrogens with one attached hydrogen (secondary N) is 1. The van der Waals surface area contributed by atoms with Crippen molar-refractivity contribution in [3.05, 3.63) is 57.0 Å². The second kappa shape index (κ2) is 7.65. The molecule has 1 amide bonds. The lowest BCUT2D eigenvalue weighted by Gasteiger charge is -2.09. The number of rotatable bonds is 5. The molecule has 1 N–H and O–H groups in total. The molecule has 0 bridgehead atoms. The van der Waals surface area contributed by atoms with Gasteiger partial charge in [0, 0.05) is 17.1 Å². The molecule has 0 fully saturated rings. The zero-order valence-corrected chi connectivity index (χ0v) is 14.8. The van der Waals surface area contributed by atoms with Gasteiger partial charge in [0.25, 0.3) is 0 Å². The molecule has 2 aromatic carbocycles. The van der Waals surface area contributed by atoms with Crippen LogP contribution < -0.4 is 10.1 Å². The van der Waals surface area contributed by atoms with Gasteiger partial charge in [0.05, 0.1) is 11.6 Å². The molecule has 0 aliphatic carbocycles. The van der Waals surface area contributed by atoms with Gasteiger partial charge in [0.2, 0.25) is 5.91 Å². The largest absolute Gasteiger partial charge is 0.496 e. The number of methoxy groups -OCH3 is 1. The van der Waals surface area contributed by atoms with Crippen LogP contribution in [0.4, 0.5) is 5.69 Å². The van der Waals surface area contributed by atoms with E-state index >= 15 is 0 Å². The molecule has 0 spiro atoms. The molecule has 2 aromatic rings. The SMILES string of the molecule is COc1ccc(CCC(=O)Nc2cc(Cl)ccc2C)cc1Br. The van der Waals surface area contributed by atoms with Crippen LogP contribution in [0.3, 0.4) is 0 Å². The van der Waals surface area contributed by atoms with Crippen molar-refractivity contribution in [3.8, 4) is 5.75 Å². The van der Waals surface area contributed by atoms with E-state index in [4.69, 9.17) is 16.3 Å². The van der Waals surface area contributed by atoms with Crippen LogP contribution in [-0.4, -0.2) is 13.0 Å². The molecule has 2 rings (SSSR count). The topological polar surface area (TPSA) is 38.3 Å². The molecule has 0 atom stereocenters. The number of amides is 1. The zero-order valence-electron chi connectivity index (χ0n) is 12.5. The summed E-state index contributed by atoms with van der Waals surface area (Å²) < 4.78 is 6.08. The maximum absolute atomic E-state index is 12.1. The number of benzene rings is 2. The highest BCUT2D eigenvalue weighted by atomic mass is 79.9. The summed E-state index contributed by atoms with van der Waals surface area (Å²) in [7, 11) is 1.63. The molecule has 0 aliphatic rings. The number of hydrogen-bond acceptors (Lipinski definition) is 2. The minimum atomic E-state index is -0.0303. The third-order valence-electron chi connectivity index (χ3n) is 3.33. The fraction of sp³-hybridized carbons (Fsp3) is 0.235. The molecular weight excluding hydrogens is 366 g/mol. The standard InChI is InChI=1S/C17H17BrClNO2/c1-11-3-6-13(19)10-15(11)20-17(21)8-5-12-4-7-16(22-2)14(18)9-12/h3-4,6-7,9-10H,5,8H2,1-2H3,(H,20,21). The quantitative estimate of drug-likeness (QED) is 0.791. The first-order valence-electron chi connectivity index (χ1n) is 6.88. The van der Waals surface area contributed by atoms with Gasteiger partial charge in [-0.2, -0.15) is 0 Å². The number of carbonyl (C=O) groups is 1. The fourth-order valence-electron chi connectivity index (χ4n) is 2.06. The van der Waals surface area contributed by atoms with Gasteiger partial charge in [0.1, 0.15) is 5.75 Å². The molecule has 22 heavy (non-hydrogen) atoms. The van der Waals surface area contributed by atoms with Gasteiger partial charge >= 0.3 is 0 Å². The van der Waals surface area contributed by atoms with Gasteiger partial charge in [-0.15, -0.1) is 0 Å². The van der Waals surface area contributed by atoms with Crippen LogP contribution in [0.2, 0.25) is 5.02 Å². The van der Waals surface area contributed by atoms with Crippen LogP contribution in [0.15, 0.2) is 40.9 Å². The van der Waals surface area contributed by atoms with Crippen molar-refractivity contribution in [1.82, 2.24) is 0 Å². The number of hydrogen-bond donors (Lipinski definition) is 1. The van der Waals surface area contributed by atoms with E-state index in [9.17, 15) is 4.79 Å². The first-order valence-corrected chi connectivity index (χ1v) is 8.05. The average molecular weight is 383 g/mol. The minimum absolute atomic E-state index is 0.0303. The summed E-state index contributed by atoms with van der Waals surface area (Å²) in [6, 6.07) is 11.3. The molecular formula is C17H17BrClNO2. The first-order chi connectivity index (χ1) is 10.5. The molecule has 0 radical (unpaired) electrons. The molecule has 116 valence electrons. The van der Waals surface area contributed by atoms with Gasteiger partial charge in [-0.1, -0.05) is 23.7 Å². The predicted molar refractivity (Wildman–Crippen MR) is 93.8 cm³/mol. The Morgan fingerprint density at radius 2 is 2.05 bits per heavy atom. The van der Waals surface area contributed by atoms with E-state index in [1.54, 1.807) is 19.2 Å². The van der Waals surface area contributed by atoms with Crippen LogP contribution in [0.1, 0.15) is 17.5 Å². The molecule has 0 heterocycles. The van der Waals surface area contributed by atoms with Crippen LogP contribution in [0.5, 0.6) is 5.75 Å². The summed E-state index contributed by atoms with van der Waals surface area (Å²) in [6.45, 7) is 1.94. The number of anilines is 1. The Morgan fingerprint density at radius 3 is 2.73 bits per heavy atom. The Hall–Kier alpha value is -1.52. The highest BCUT2D eigenvalue weighted by Crippen LogP contribution is 2.26. The predicted octanol–water partition coefficient (Wildman–Crippen LogP) is 4.99. The molecule has 0 aliphatic heterocycles. The van der Waals surface area contributed by atoms with Crippen LogP contribution in [0, 0.1) is 6.92 Å². The second-order valence-corrected chi connectivity index (χ2v) is 6.27. The Labute approximate surface area is 143 Å². The maximum atomic E-state index is 12.1. The van der Waals surface area contributed by atoms with Crippen LogP contribution in [-0.2, 0) is 11.2 Å². The summed E-state index contributed by atoms with van der Waals surface area (Å²) in [5.41, 5.74) is 2.82. The van der Waals surface area contributed by atoms with E-state index in [-0.39, 0.29) is 5.91 Å². The normalized spacial score (nSPS) is 10.4. The molecule has 0 aromatic heterocycles. The van der Waals surface area contributed by atoms with E-state index in [1.165, 1.54) is 0 Å². The molecule has 0 unspecified atom stereocenters. The molecule has 5 heteroatoms. The highest BCUT2D eigenvalue weighted by molar-refractivity contribution is 9.10. The summed E-state index contributed by atoms with van der Waals surface area (Å²) >= 11 is 9.40. The van der Waals surface area contributed by atoms with Crippen LogP contribution >= 0.6 is 27.5 Å². The van der Waals surface area contributed by atoms with Crippen molar-refractivity contribution < 1.29 is 9.53 Å². The number of ether oxygens (including phenoxy) is 1. The summed E-state index contributed by atoms with van der Waals surface area (Å²) in [5, 5.41) is 3.51.